The van der Waals surface area contributed by atoms with Crippen molar-refractivity contribution in [3.63, 3.8) is 0 Å². The maximum atomic E-state index is 12.6. The molecule has 1 amide bonds. The Bertz CT molecular complexity index is 497. The van der Waals surface area contributed by atoms with Gasteiger partial charge in [0.2, 0.25) is 0 Å². The first-order valence-electron chi connectivity index (χ1n) is 8.25. The summed E-state index contributed by atoms with van der Waals surface area (Å²) in [5.74, 6) is 0.236. The molecule has 3 rings (SSSR count). The average molecular weight is 306 g/mol. The van der Waals surface area contributed by atoms with Crippen LogP contribution >= 0.6 is 11.3 Å². The number of rotatable bonds is 2. The highest BCUT2D eigenvalue weighted by Crippen LogP contribution is 2.25. The SMILES string of the molecule is Cc1scc(C(=O)N2CCN(C3CCCCC3)CC2)c1C. The largest absolute Gasteiger partial charge is 0.336 e. The molecular formula is C17H26N2OS. The molecular weight excluding hydrogens is 280 g/mol. The van der Waals surface area contributed by atoms with Crippen LogP contribution in [-0.2, 0) is 0 Å². The molecule has 0 N–H and O–H groups in total. The van der Waals surface area contributed by atoms with Crippen molar-refractivity contribution >= 4 is 17.2 Å². The Balaban J connectivity index is 1.58. The smallest absolute Gasteiger partial charge is 0.255 e. The van der Waals surface area contributed by atoms with Crippen molar-refractivity contribution in [3.05, 3.63) is 21.4 Å². The fourth-order valence-electron chi connectivity index (χ4n) is 3.63. The van der Waals surface area contributed by atoms with Crippen molar-refractivity contribution < 1.29 is 4.79 Å². The molecule has 2 fully saturated rings. The molecule has 1 saturated heterocycles. The van der Waals surface area contributed by atoms with Crippen LogP contribution < -0.4 is 0 Å². The molecule has 1 aromatic rings. The van der Waals surface area contributed by atoms with Crippen molar-refractivity contribution in [2.75, 3.05) is 26.2 Å². The van der Waals surface area contributed by atoms with Crippen molar-refractivity contribution in [2.24, 2.45) is 0 Å². The number of piperazine rings is 1. The second-order valence-corrected chi connectivity index (χ2v) is 7.53. The minimum atomic E-state index is 0.236. The van der Waals surface area contributed by atoms with E-state index in [1.165, 1.54) is 42.5 Å². The van der Waals surface area contributed by atoms with E-state index in [2.05, 4.69) is 18.7 Å². The van der Waals surface area contributed by atoms with Crippen LogP contribution in [0.4, 0.5) is 0 Å². The van der Waals surface area contributed by atoms with Crippen molar-refractivity contribution in [1.29, 1.82) is 0 Å². The first-order valence-corrected chi connectivity index (χ1v) is 9.13. The fraction of sp³-hybridized carbons (Fsp3) is 0.706. The first kappa shape index (κ1) is 15.0. The molecule has 0 bridgehead atoms. The van der Waals surface area contributed by atoms with Gasteiger partial charge in [-0.2, -0.15) is 0 Å². The molecule has 1 saturated carbocycles. The lowest BCUT2D eigenvalue weighted by Gasteiger charge is -2.40. The van der Waals surface area contributed by atoms with Gasteiger partial charge in [-0.15, -0.1) is 11.3 Å². The summed E-state index contributed by atoms with van der Waals surface area (Å²) in [7, 11) is 0. The number of amides is 1. The lowest BCUT2D eigenvalue weighted by Crippen LogP contribution is -2.52. The van der Waals surface area contributed by atoms with Gasteiger partial charge in [-0.3, -0.25) is 9.69 Å². The van der Waals surface area contributed by atoms with E-state index in [1.54, 1.807) is 11.3 Å². The maximum Gasteiger partial charge on any atom is 0.255 e. The number of nitrogens with zero attached hydrogens (tertiary/aromatic N) is 2. The van der Waals surface area contributed by atoms with Crippen LogP contribution in [0.5, 0.6) is 0 Å². The zero-order chi connectivity index (χ0) is 14.8. The van der Waals surface area contributed by atoms with E-state index in [-0.39, 0.29) is 5.91 Å². The van der Waals surface area contributed by atoms with Gasteiger partial charge in [0, 0.05) is 42.5 Å². The lowest BCUT2D eigenvalue weighted by molar-refractivity contribution is 0.0523. The lowest BCUT2D eigenvalue weighted by atomic mass is 9.94. The predicted molar refractivity (Wildman–Crippen MR) is 88.1 cm³/mol. The minimum absolute atomic E-state index is 0.236. The molecule has 2 aliphatic rings. The third-order valence-electron chi connectivity index (χ3n) is 5.21. The number of hydrogen-bond donors (Lipinski definition) is 0. The Morgan fingerprint density at radius 2 is 1.76 bits per heavy atom. The van der Waals surface area contributed by atoms with Gasteiger partial charge >= 0.3 is 0 Å². The number of carbonyl (C=O) groups is 1. The summed E-state index contributed by atoms with van der Waals surface area (Å²) in [6.45, 7) is 8.06. The Morgan fingerprint density at radius 3 is 2.33 bits per heavy atom. The van der Waals surface area contributed by atoms with E-state index < -0.39 is 0 Å². The molecule has 0 spiro atoms. The number of hydrogen-bond acceptors (Lipinski definition) is 3. The van der Waals surface area contributed by atoms with Crippen LogP contribution in [0, 0.1) is 13.8 Å². The minimum Gasteiger partial charge on any atom is -0.336 e. The van der Waals surface area contributed by atoms with Gasteiger partial charge in [0.15, 0.2) is 0 Å². The summed E-state index contributed by atoms with van der Waals surface area (Å²) in [5.41, 5.74) is 2.09. The molecule has 116 valence electrons. The van der Waals surface area contributed by atoms with Gasteiger partial charge in [-0.25, -0.2) is 0 Å². The quantitative estimate of drug-likeness (QED) is 0.835. The van der Waals surface area contributed by atoms with E-state index >= 15 is 0 Å². The topological polar surface area (TPSA) is 23.6 Å². The zero-order valence-electron chi connectivity index (χ0n) is 13.2. The molecule has 4 heteroatoms. The molecule has 1 aliphatic heterocycles. The fourth-order valence-corrected chi connectivity index (χ4v) is 4.49. The van der Waals surface area contributed by atoms with Crippen molar-refractivity contribution in [1.82, 2.24) is 9.80 Å². The normalized spacial score (nSPS) is 21.7. The third-order valence-corrected chi connectivity index (χ3v) is 6.22. The standard InChI is InChI=1S/C17H26N2OS/c1-13-14(2)21-12-16(13)17(20)19-10-8-18(9-11-19)15-6-4-3-5-7-15/h12,15H,3-11H2,1-2H3. The van der Waals surface area contributed by atoms with E-state index in [4.69, 9.17) is 0 Å². The van der Waals surface area contributed by atoms with Gasteiger partial charge in [-0.1, -0.05) is 19.3 Å². The van der Waals surface area contributed by atoms with Gasteiger partial charge in [0.05, 0.1) is 5.56 Å². The zero-order valence-corrected chi connectivity index (χ0v) is 14.0. The van der Waals surface area contributed by atoms with Crippen LogP contribution in [0.3, 0.4) is 0 Å². The highest BCUT2D eigenvalue weighted by Gasteiger charge is 2.28. The summed E-state index contributed by atoms with van der Waals surface area (Å²) in [6, 6.07) is 0.779. The van der Waals surface area contributed by atoms with E-state index in [9.17, 15) is 4.79 Å². The third kappa shape index (κ3) is 3.16. The van der Waals surface area contributed by atoms with Crippen LogP contribution in [0.2, 0.25) is 0 Å². The van der Waals surface area contributed by atoms with Crippen molar-refractivity contribution in [3.8, 4) is 0 Å². The molecule has 1 aromatic heterocycles. The Kier molecular flexibility index (Phi) is 4.65. The molecule has 0 atom stereocenters. The van der Waals surface area contributed by atoms with Gasteiger partial charge in [-0.05, 0) is 32.3 Å². The number of carbonyl (C=O) groups excluding carboxylic acids is 1. The summed E-state index contributed by atoms with van der Waals surface area (Å²) in [5, 5.41) is 2.03. The molecule has 0 radical (unpaired) electrons. The highest BCUT2D eigenvalue weighted by atomic mass is 32.1. The molecule has 2 heterocycles. The first-order chi connectivity index (χ1) is 10.2. The summed E-state index contributed by atoms with van der Waals surface area (Å²) < 4.78 is 0. The molecule has 0 aromatic carbocycles. The molecule has 0 unspecified atom stereocenters. The number of thiophene rings is 1. The van der Waals surface area contributed by atoms with Crippen LogP contribution in [0.15, 0.2) is 5.38 Å². The predicted octanol–water partition coefficient (Wildman–Crippen LogP) is 3.46. The van der Waals surface area contributed by atoms with Crippen molar-refractivity contribution in [2.45, 2.75) is 52.0 Å². The Morgan fingerprint density at radius 1 is 1.10 bits per heavy atom. The molecule has 1 aliphatic carbocycles. The summed E-state index contributed by atoms with van der Waals surface area (Å²) in [6.07, 6.45) is 6.90. The van der Waals surface area contributed by atoms with Crippen LogP contribution in [0.25, 0.3) is 0 Å². The van der Waals surface area contributed by atoms with E-state index in [0.29, 0.717) is 0 Å². The van der Waals surface area contributed by atoms with Gasteiger partial charge < -0.3 is 4.90 Å². The summed E-state index contributed by atoms with van der Waals surface area (Å²) in [4.78, 5) is 18.6. The highest BCUT2D eigenvalue weighted by molar-refractivity contribution is 7.10. The van der Waals surface area contributed by atoms with Gasteiger partial charge in [0.1, 0.15) is 0 Å². The maximum absolute atomic E-state index is 12.6. The molecule has 21 heavy (non-hydrogen) atoms. The monoisotopic (exact) mass is 306 g/mol. The van der Waals surface area contributed by atoms with Gasteiger partial charge in [0.25, 0.3) is 5.91 Å². The van der Waals surface area contributed by atoms with E-state index in [0.717, 1.165) is 37.8 Å². The second kappa shape index (κ2) is 6.49. The number of aryl methyl sites for hydroxylation is 1. The Labute approximate surface area is 131 Å². The summed E-state index contributed by atoms with van der Waals surface area (Å²) >= 11 is 1.69. The Hall–Kier alpha value is -0.870. The van der Waals surface area contributed by atoms with E-state index in [1.807, 2.05) is 10.3 Å². The second-order valence-electron chi connectivity index (χ2n) is 6.45. The van der Waals surface area contributed by atoms with Crippen LogP contribution in [0.1, 0.15) is 52.9 Å². The van der Waals surface area contributed by atoms with Crippen LogP contribution in [-0.4, -0.2) is 47.9 Å². The molecule has 3 nitrogen and oxygen atoms in total. The average Bonchev–Trinajstić information content (AvgIpc) is 2.87.